The second kappa shape index (κ2) is 6.88. The minimum absolute atomic E-state index is 0.0110. The van der Waals surface area contributed by atoms with Gasteiger partial charge in [-0.1, -0.05) is 0 Å². The van der Waals surface area contributed by atoms with Crippen LogP contribution in [-0.4, -0.2) is 47.0 Å². The van der Waals surface area contributed by atoms with Gasteiger partial charge in [0.25, 0.3) is 10.1 Å². The van der Waals surface area contributed by atoms with Gasteiger partial charge >= 0.3 is 5.97 Å². The van der Waals surface area contributed by atoms with Crippen LogP contribution in [0.1, 0.15) is 15.9 Å². The molecule has 1 aliphatic rings. The van der Waals surface area contributed by atoms with Gasteiger partial charge in [0, 0.05) is 17.8 Å². The van der Waals surface area contributed by atoms with E-state index in [1.807, 2.05) is 6.07 Å². The van der Waals surface area contributed by atoms with Gasteiger partial charge in [0.05, 0.1) is 31.6 Å². The van der Waals surface area contributed by atoms with Crippen LogP contribution in [0.25, 0.3) is 0 Å². The number of rotatable bonds is 8. The van der Waals surface area contributed by atoms with Gasteiger partial charge in [0.1, 0.15) is 6.61 Å². The molecule has 2 rings (SSSR count). The van der Waals surface area contributed by atoms with Crippen LogP contribution in [0.2, 0.25) is 0 Å². The third-order valence-corrected chi connectivity index (χ3v) is 3.38. The number of carbonyl (C=O) groups is 1. The maximum atomic E-state index is 11.3. The Kier molecular flexibility index (Phi) is 5.16. The summed E-state index contributed by atoms with van der Waals surface area (Å²) >= 11 is 0. The van der Waals surface area contributed by atoms with Crippen molar-refractivity contribution in [1.29, 1.82) is 0 Å². The summed E-state index contributed by atoms with van der Waals surface area (Å²) in [6, 6.07) is 5.40. The average molecular weight is 315 g/mol. The van der Waals surface area contributed by atoms with Gasteiger partial charge in [-0.15, -0.1) is 0 Å². The number of cyclic esters (lactones) is 1. The molecule has 8 heteroatoms. The van der Waals surface area contributed by atoms with Gasteiger partial charge in [-0.2, -0.15) is 8.42 Å². The number of carbonyl (C=O) groups excluding carboxylic acids is 1. The summed E-state index contributed by atoms with van der Waals surface area (Å²) in [5, 5.41) is 3.15. The number of hydrogen-bond donors (Lipinski definition) is 1. The largest absolute Gasteiger partial charge is 0.457 e. The number of hydrogen-bond acceptors (Lipinski definition) is 7. The first kappa shape index (κ1) is 15.7. The minimum Gasteiger partial charge on any atom is -0.457 e. The molecule has 116 valence electrons. The minimum atomic E-state index is -3.41. The fourth-order valence-electron chi connectivity index (χ4n) is 1.86. The van der Waals surface area contributed by atoms with Crippen molar-refractivity contribution < 1.29 is 26.9 Å². The second-order valence-electron chi connectivity index (χ2n) is 4.51. The van der Waals surface area contributed by atoms with Gasteiger partial charge in [0.15, 0.2) is 0 Å². The first-order valence-electron chi connectivity index (χ1n) is 6.42. The van der Waals surface area contributed by atoms with Gasteiger partial charge in [-0.25, -0.2) is 4.79 Å². The molecular formula is C13H17NO6S. The zero-order chi connectivity index (χ0) is 15.3. The molecular weight excluding hydrogens is 298 g/mol. The van der Waals surface area contributed by atoms with E-state index in [1.54, 1.807) is 12.1 Å². The van der Waals surface area contributed by atoms with Crippen LogP contribution in [0, 0.1) is 0 Å². The van der Waals surface area contributed by atoms with E-state index in [0.717, 1.165) is 17.5 Å². The molecule has 0 amide bonds. The van der Waals surface area contributed by atoms with Gasteiger partial charge in [0.2, 0.25) is 0 Å². The van der Waals surface area contributed by atoms with Crippen LogP contribution in [0.3, 0.4) is 0 Å². The maximum absolute atomic E-state index is 11.3. The highest BCUT2D eigenvalue weighted by Gasteiger charge is 2.20. The maximum Gasteiger partial charge on any atom is 0.338 e. The van der Waals surface area contributed by atoms with E-state index >= 15 is 0 Å². The summed E-state index contributed by atoms with van der Waals surface area (Å²) < 4.78 is 36.1. The van der Waals surface area contributed by atoms with Crippen molar-refractivity contribution in [1.82, 2.24) is 0 Å². The van der Waals surface area contributed by atoms with E-state index in [0.29, 0.717) is 25.3 Å². The molecule has 1 N–H and O–H groups in total. The van der Waals surface area contributed by atoms with Crippen LogP contribution in [0.15, 0.2) is 18.2 Å². The van der Waals surface area contributed by atoms with E-state index in [2.05, 4.69) is 9.50 Å². The standard InChI is InChI=1S/C13H17NO6S/c1-21(16,17)20-7-6-18-5-4-14-11-2-3-12-10(8-11)9-19-13(12)15/h2-3,8,14H,4-7,9H2,1H3. The van der Waals surface area contributed by atoms with E-state index < -0.39 is 10.1 Å². The lowest BCUT2D eigenvalue weighted by Gasteiger charge is -2.08. The monoisotopic (exact) mass is 315 g/mol. The summed E-state index contributed by atoms with van der Waals surface area (Å²) in [5.74, 6) is -0.286. The van der Waals surface area contributed by atoms with Crippen LogP contribution >= 0.6 is 0 Å². The third-order valence-electron chi connectivity index (χ3n) is 2.78. The molecule has 0 spiro atoms. The number of fused-ring (bicyclic) bond motifs is 1. The summed E-state index contributed by atoms with van der Waals surface area (Å²) in [5.41, 5.74) is 2.35. The normalized spacial score (nSPS) is 13.9. The van der Waals surface area contributed by atoms with Crippen molar-refractivity contribution in [2.24, 2.45) is 0 Å². The van der Waals surface area contributed by atoms with Crippen LogP contribution in [0.5, 0.6) is 0 Å². The molecule has 0 saturated heterocycles. The summed E-state index contributed by atoms with van der Waals surface area (Å²) in [6.45, 7) is 1.51. The third kappa shape index (κ3) is 5.00. The summed E-state index contributed by atoms with van der Waals surface area (Å²) in [7, 11) is -3.41. The van der Waals surface area contributed by atoms with Crippen molar-refractivity contribution in [3.05, 3.63) is 29.3 Å². The topological polar surface area (TPSA) is 90.9 Å². The molecule has 0 aromatic heterocycles. The Balaban J connectivity index is 1.65. The number of ether oxygens (including phenoxy) is 2. The molecule has 0 fully saturated rings. The van der Waals surface area contributed by atoms with E-state index in [9.17, 15) is 13.2 Å². The Morgan fingerprint density at radius 1 is 1.29 bits per heavy atom. The van der Waals surface area contributed by atoms with E-state index in [1.165, 1.54) is 0 Å². The van der Waals surface area contributed by atoms with Gasteiger partial charge < -0.3 is 14.8 Å². The van der Waals surface area contributed by atoms with Crippen molar-refractivity contribution in [2.45, 2.75) is 6.61 Å². The highest BCUT2D eigenvalue weighted by atomic mass is 32.2. The second-order valence-corrected chi connectivity index (χ2v) is 6.16. The fraction of sp³-hybridized carbons (Fsp3) is 0.462. The number of anilines is 1. The lowest BCUT2D eigenvalue weighted by atomic mass is 10.1. The molecule has 1 aliphatic heterocycles. The van der Waals surface area contributed by atoms with E-state index in [4.69, 9.17) is 9.47 Å². The quantitative estimate of drug-likeness (QED) is 0.430. The zero-order valence-corrected chi connectivity index (χ0v) is 12.4. The first-order valence-corrected chi connectivity index (χ1v) is 8.23. The van der Waals surface area contributed by atoms with Gasteiger partial charge in [-0.05, 0) is 18.2 Å². The Morgan fingerprint density at radius 2 is 2.10 bits per heavy atom. The number of nitrogens with one attached hydrogen (secondary N) is 1. The van der Waals surface area contributed by atoms with Crippen molar-refractivity contribution in [3.63, 3.8) is 0 Å². The summed E-state index contributed by atoms with van der Waals surface area (Å²) in [4.78, 5) is 11.3. The van der Waals surface area contributed by atoms with Crippen molar-refractivity contribution >= 4 is 21.8 Å². The Labute approximate surface area is 123 Å². The van der Waals surface area contributed by atoms with Gasteiger partial charge in [-0.3, -0.25) is 4.18 Å². The SMILES string of the molecule is CS(=O)(=O)OCCOCCNc1ccc2c(c1)COC2=O. The Hall–Kier alpha value is -1.64. The zero-order valence-electron chi connectivity index (χ0n) is 11.6. The number of esters is 1. The molecule has 0 bridgehead atoms. The fourth-order valence-corrected chi connectivity index (χ4v) is 2.23. The predicted octanol–water partition coefficient (Wildman–Crippen LogP) is 0.762. The molecule has 0 unspecified atom stereocenters. The van der Waals surface area contributed by atoms with Crippen LogP contribution in [0.4, 0.5) is 5.69 Å². The lowest BCUT2D eigenvalue weighted by Crippen LogP contribution is -2.14. The Bertz CT molecular complexity index is 613. The Morgan fingerprint density at radius 3 is 2.86 bits per heavy atom. The van der Waals surface area contributed by atoms with Crippen LogP contribution < -0.4 is 5.32 Å². The molecule has 1 heterocycles. The lowest BCUT2D eigenvalue weighted by molar-refractivity contribution is 0.0535. The predicted molar refractivity (Wildman–Crippen MR) is 75.7 cm³/mol. The molecule has 0 saturated carbocycles. The average Bonchev–Trinajstić information content (AvgIpc) is 2.78. The molecule has 0 aliphatic carbocycles. The van der Waals surface area contributed by atoms with Crippen molar-refractivity contribution in [2.75, 3.05) is 37.9 Å². The molecule has 1 aromatic carbocycles. The molecule has 0 atom stereocenters. The number of benzene rings is 1. The molecule has 21 heavy (non-hydrogen) atoms. The summed E-state index contributed by atoms with van der Waals surface area (Å²) in [6.07, 6.45) is 0.997. The molecule has 7 nitrogen and oxygen atoms in total. The highest BCUT2D eigenvalue weighted by molar-refractivity contribution is 7.85. The van der Waals surface area contributed by atoms with Crippen LogP contribution in [-0.2, 0) is 30.4 Å². The van der Waals surface area contributed by atoms with Crippen molar-refractivity contribution in [3.8, 4) is 0 Å². The smallest absolute Gasteiger partial charge is 0.338 e. The van der Waals surface area contributed by atoms with E-state index in [-0.39, 0.29) is 19.2 Å². The molecule has 1 aromatic rings. The highest BCUT2D eigenvalue weighted by Crippen LogP contribution is 2.23. The first-order chi connectivity index (χ1) is 9.96. The molecule has 0 radical (unpaired) electrons.